The average Bonchev–Trinajstić information content (AvgIpc) is 3.12. The SMILES string of the molecule is Cc1nc(N)ccc1CNC(=O)[C@H](C)N1CC(Cc2ccccc2Br)CC1C(N)=O. The number of nitrogen functional groups attached to an aromatic ring is 1. The highest BCUT2D eigenvalue weighted by Crippen LogP contribution is 2.30. The third-order valence-corrected chi connectivity index (χ3v) is 6.54. The van der Waals surface area contributed by atoms with E-state index in [9.17, 15) is 9.59 Å². The molecule has 0 spiro atoms. The number of nitrogens with two attached hydrogens (primary N) is 2. The number of primary amides is 1. The Balaban J connectivity index is 1.65. The number of amides is 2. The zero-order chi connectivity index (χ0) is 21.8. The van der Waals surface area contributed by atoms with Crippen molar-refractivity contribution >= 4 is 33.6 Å². The number of pyridine rings is 1. The van der Waals surface area contributed by atoms with E-state index in [2.05, 4.69) is 32.3 Å². The number of carbonyl (C=O) groups is 2. The first-order valence-corrected chi connectivity index (χ1v) is 10.8. The summed E-state index contributed by atoms with van der Waals surface area (Å²) in [5.41, 5.74) is 14.2. The molecule has 3 rings (SSSR count). The van der Waals surface area contributed by atoms with Crippen LogP contribution < -0.4 is 16.8 Å². The minimum absolute atomic E-state index is 0.140. The number of carbonyl (C=O) groups excluding carboxylic acids is 2. The highest BCUT2D eigenvalue weighted by molar-refractivity contribution is 9.10. The van der Waals surface area contributed by atoms with Crippen molar-refractivity contribution in [2.24, 2.45) is 11.7 Å². The molecule has 0 aliphatic carbocycles. The highest BCUT2D eigenvalue weighted by Gasteiger charge is 2.40. The van der Waals surface area contributed by atoms with E-state index in [1.54, 1.807) is 6.07 Å². The number of hydrogen-bond acceptors (Lipinski definition) is 5. The fourth-order valence-corrected chi connectivity index (χ4v) is 4.50. The molecule has 0 bridgehead atoms. The zero-order valence-corrected chi connectivity index (χ0v) is 18.9. The Morgan fingerprint density at radius 1 is 1.27 bits per heavy atom. The van der Waals surface area contributed by atoms with Gasteiger partial charge in [-0.25, -0.2) is 4.98 Å². The molecule has 8 heteroatoms. The molecule has 1 saturated heterocycles. The third-order valence-electron chi connectivity index (χ3n) is 5.77. The Bertz CT molecular complexity index is 935. The van der Waals surface area contributed by atoms with Crippen molar-refractivity contribution in [2.45, 2.75) is 45.3 Å². The van der Waals surface area contributed by atoms with Gasteiger partial charge in [-0.05, 0) is 55.9 Å². The van der Waals surface area contributed by atoms with Crippen LogP contribution in [0.3, 0.4) is 0 Å². The van der Waals surface area contributed by atoms with Crippen LogP contribution in [0.4, 0.5) is 5.82 Å². The van der Waals surface area contributed by atoms with Crippen LogP contribution in [-0.2, 0) is 22.6 Å². The van der Waals surface area contributed by atoms with Gasteiger partial charge in [-0.15, -0.1) is 0 Å². The van der Waals surface area contributed by atoms with Crippen LogP contribution in [0.1, 0.15) is 30.2 Å². The van der Waals surface area contributed by atoms with Crippen molar-refractivity contribution in [1.29, 1.82) is 0 Å². The van der Waals surface area contributed by atoms with Gasteiger partial charge in [-0.1, -0.05) is 40.2 Å². The molecule has 1 aromatic heterocycles. The summed E-state index contributed by atoms with van der Waals surface area (Å²) >= 11 is 3.59. The maximum atomic E-state index is 12.8. The number of aryl methyl sites for hydroxylation is 1. The fraction of sp³-hybridized carbons (Fsp3) is 0.409. The summed E-state index contributed by atoms with van der Waals surface area (Å²) in [7, 11) is 0. The molecule has 1 fully saturated rings. The first-order valence-electron chi connectivity index (χ1n) is 10.0. The summed E-state index contributed by atoms with van der Waals surface area (Å²) in [4.78, 5) is 31.0. The highest BCUT2D eigenvalue weighted by atomic mass is 79.9. The normalized spacial score (nSPS) is 20.1. The topological polar surface area (TPSA) is 114 Å². The van der Waals surface area contributed by atoms with E-state index in [-0.39, 0.29) is 17.7 Å². The van der Waals surface area contributed by atoms with Gasteiger partial charge in [0.25, 0.3) is 0 Å². The molecule has 7 nitrogen and oxygen atoms in total. The van der Waals surface area contributed by atoms with Crippen LogP contribution in [0.15, 0.2) is 40.9 Å². The predicted octanol–water partition coefficient (Wildman–Crippen LogP) is 2.16. The summed E-state index contributed by atoms with van der Waals surface area (Å²) in [5.74, 6) is 0.176. The van der Waals surface area contributed by atoms with Crippen LogP contribution in [0.5, 0.6) is 0 Å². The Kier molecular flexibility index (Phi) is 7.10. The number of anilines is 1. The molecular weight excluding hydrogens is 446 g/mol. The summed E-state index contributed by atoms with van der Waals surface area (Å²) in [5, 5.41) is 2.95. The van der Waals surface area contributed by atoms with Crippen LogP contribution in [-0.4, -0.2) is 40.3 Å². The Hall–Kier alpha value is -2.45. The number of likely N-dealkylation sites (tertiary alicyclic amines) is 1. The number of aromatic nitrogens is 1. The Labute approximate surface area is 185 Å². The monoisotopic (exact) mass is 473 g/mol. The maximum absolute atomic E-state index is 12.8. The van der Waals surface area contributed by atoms with E-state index in [4.69, 9.17) is 11.5 Å². The molecule has 3 atom stereocenters. The largest absolute Gasteiger partial charge is 0.384 e. The first kappa shape index (κ1) is 22.2. The average molecular weight is 474 g/mol. The second kappa shape index (κ2) is 9.57. The van der Waals surface area contributed by atoms with Gasteiger partial charge in [0, 0.05) is 23.3 Å². The number of rotatable bonds is 7. The number of nitrogens with one attached hydrogen (secondary N) is 1. The van der Waals surface area contributed by atoms with Crippen molar-refractivity contribution in [1.82, 2.24) is 15.2 Å². The first-order chi connectivity index (χ1) is 14.3. The number of nitrogens with zero attached hydrogens (tertiary/aromatic N) is 2. The van der Waals surface area contributed by atoms with Gasteiger partial charge < -0.3 is 16.8 Å². The zero-order valence-electron chi connectivity index (χ0n) is 17.3. The predicted molar refractivity (Wildman–Crippen MR) is 120 cm³/mol. The van der Waals surface area contributed by atoms with E-state index in [1.165, 1.54) is 5.56 Å². The summed E-state index contributed by atoms with van der Waals surface area (Å²) in [6, 6.07) is 10.7. The van der Waals surface area contributed by atoms with Crippen molar-refractivity contribution in [2.75, 3.05) is 12.3 Å². The van der Waals surface area contributed by atoms with Gasteiger partial charge in [0.2, 0.25) is 11.8 Å². The molecule has 1 aliphatic heterocycles. The molecule has 2 heterocycles. The Morgan fingerprint density at radius 2 is 2.00 bits per heavy atom. The fourth-order valence-electron chi connectivity index (χ4n) is 4.06. The molecule has 30 heavy (non-hydrogen) atoms. The third kappa shape index (κ3) is 5.17. The van der Waals surface area contributed by atoms with E-state index < -0.39 is 12.1 Å². The van der Waals surface area contributed by atoms with Gasteiger partial charge in [-0.2, -0.15) is 0 Å². The molecular formula is C22H28BrN5O2. The number of halogens is 1. The van der Waals surface area contributed by atoms with Crippen molar-refractivity contribution in [3.63, 3.8) is 0 Å². The molecule has 0 saturated carbocycles. The molecule has 1 aromatic carbocycles. The van der Waals surface area contributed by atoms with Gasteiger partial charge in [-0.3, -0.25) is 14.5 Å². The van der Waals surface area contributed by atoms with Crippen LogP contribution in [0, 0.1) is 12.8 Å². The second-order valence-electron chi connectivity index (χ2n) is 7.89. The van der Waals surface area contributed by atoms with Crippen molar-refractivity contribution < 1.29 is 9.59 Å². The summed E-state index contributed by atoms with van der Waals surface area (Å²) in [6.45, 7) is 4.68. The van der Waals surface area contributed by atoms with E-state index in [1.807, 2.05) is 43.0 Å². The second-order valence-corrected chi connectivity index (χ2v) is 8.74. The van der Waals surface area contributed by atoms with Crippen molar-refractivity contribution in [3.05, 3.63) is 57.7 Å². The molecule has 2 amide bonds. The smallest absolute Gasteiger partial charge is 0.237 e. The summed E-state index contributed by atoms with van der Waals surface area (Å²) in [6.07, 6.45) is 1.47. The van der Waals surface area contributed by atoms with Crippen LogP contribution >= 0.6 is 15.9 Å². The minimum Gasteiger partial charge on any atom is -0.384 e. The van der Waals surface area contributed by atoms with Crippen LogP contribution in [0.2, 0.25) is 0 Å². The molecule has 160 valence electrons. The van der Waals surface area contributed by atoms with Gasteiger partial charge in [0.15, 0.2) is 0 Å². The summed E-state index contributed by atoms with van der Waals surface area (Å²) < 4.78 is 1.05. The lowest BCUT2D eigenvalue weighted by molar-refractivity contribution is -0.129. The van der Waals surface area contributed by atoms with E-state index in [0.29, 0.717) is 25.3 Å². The molecule has 0 radical (unpaired) electrons. The standard InChI is InChI=1S/C22H28BrN5O2/c1-13-17(7-8-20(24)27-13)11-26-22(30)14(2)28-12-15(10-19(28)21(25)29)9-16-5-3-4-6-18(16)23/h3-8,14-15,19H,9-12H2,1-2H3,(H2,24,27)(H2,25,29)(H,26,30)/t14-,15?,19?/m0/s1. The van der Waals surface area contributed by atoms with Crippen LogP contribution in [0.25, 0.3) is 0 Å². The minimum atomic E-state index is -0.464. The lowest BCUT2D eigenvalue weighted by Gasteiger charge is -2.28. The molecule has 1 aliphatic rings. The molecule has 5 N–H and O–H groups in total. The van der Waals surface area contributed by atoms with Crippen molar-refractivity contribution in [3.8, 4) is 0 Å². The van der Waals surface area contributed by atoms with Gasteiger partial charge >= 0.3 is 0 Å². The van der Waals surface area contributed by atoms with Gasteiger partial charge in [0.05, 0.1) is 12.1 Å². The quantitative estimate of drug-likeness (QED) is 0.569. The Morgan fingerprint density at radius 3 is 2.67 bits per heavy atom. The molecule has 2 unspecified atom stereocenters. The lowest BCUT2D eigenvalue weighted by Crippen LogP contribution is -2.51. The lowest BCUT2D eigenvalue weighted by atomic mass is 9.96. The van der Waals surface area contributed by atoms with E-state index >= 15 is 0 Å². The maximum Gasteiger partial charge on any atom is 0.237 e. The van der Waals surface area contributed by atoms with Gasteiger partial charge in [0.1, 0.15) is 5.82 Å². The van der Waals surface area contributed by atoms with E-state index in [0.717, 1.165) is 22.2 Å². The number of benzene rings is 1. The molecule has 2 aromatic rings. The number of hydrogen-bond donors (Lipinski definition) is 3.